The molecule has 3 aromatic carbocycles. The number of hydrogen-bond donors (Lipinski definition) is 2. The third kappa shape index (κ3) is 5.79. The standard InChI is InChI=1S/C24H20ClN5O2S/c1-16-2-6-18(7-3-16)23-28-29-24(30(23)20-10-8-19(25)9-11-20)33-15-22(32)27-26-14-17-4-12-21(31)13-5-17/h2-14H,15H2,1H3,(H2,26,27,31,32). The summed E-state index contributed by atoms with van der Waals surface area (Å²) < 4.78 is 1.95. The molecule has 0 radical (unpaired) electrons. The summed E-state index contributed by atoms with van der Waals surface area (Å²) in [5.41, 5.74) is 6.21. The van der Waals surface area contributed by atoms with Gasteiger partial charge in [0.15, 0.2) is 0 Å². The Morgan fingerprint density at radius 2 is 1.82 bits per heavy atom. The maximum absolute atomic E-state index is 12.3. The molecule has 0 fully saturated rings. The Morgan fingerprint density at radius 1 is 1.12 bits per heavy atom. The Hall–Kier alpha value is -3.62. The van der Waals surface area contributed by atoms with E-state index < -0.39 is 0 Å². The number of thioether (sulfide) groups is 1. The number of benzene rings is 3. The number of aromatic nitrogens is 3. The predicted octanol–water partition coefficient (Wildman–Crippen LogP) is 3.63. The fraction of sp³-hybridized carbons (Fsp3) is 0.0833. The zero-order valence-corrected chi connectivity index (χ0v) is 19.2. The molecule has 2 N–H and O–H groups in total. The zero-order valence-electron chi connectivity index (χ0n) is 17.7. The number of aromatic amines is 1. The molecule has 4 aromatic rings. The Labute approximate surface area is 200 Å². The van der Waals surface area contributed by atoms with Crippen LogP contribution in [-0.2, 0) is 4.79 Å². The topological polar surface area (TPSA) is 97.1 Å². The third-order valence-corrected chi connectivity index (χ3v) is 5.89. The molecular formula is C24H20ClN5O2S. The van der Waals surface area contributed by atoms with Gasteiger partial charge in [-0.3, -0.25) is 4.79 Å². The number of hydrogen-bond acceptors (Lipinski definition) is 5. The smallest absolute Gasteiger partial charge is 0.342 e. The van der Waals surface area contributed by atoms with E-state index in [4.69, 9.17) is 11.6 Å². The second-order valence-corrected chi connectivity index (χ2v) is 8.56. The fourth-order valence-electron chi connectivity index (χ4n) is 3.02. The van der Waals surface area contributed by atoms with Crippen LogP contribution in [0.2, 0.25) is 5.02 Å². The molecule has 1 heterocycles. The van der Waals surface area contributed by atoms with Crippen molar-refractivity contribution in [1.29, 1.82) is 0 Å². The number of rotatable bonds is 7. The number of halogens is 1. The lowest BCUT2D eigenvalue weighted by atomic mass is 10.1. The molecule has 4 rings (SSSR count). The van der Waals surface area contributed by atoms with E-state index >= 15 is 0 Å². The van der Waals surface area contributed by atoms with Crippen LogP contribution in [0.3, 0.4) is 0 Å². The van der Waals surface area contributed by atoms with Gasteiger partial charge in [0.1, 0.15) is 5.69 Å². The molecule has 0 aliphatic heterocycles. The normalized spacial score (nSPS) is 11.1. The first-order valence-electron chi connectivity index (χ1n) is 10.0. The van der Waals surface area contributed by atoms with Crippen molar-refractivity contribution in [3.05, 3.63) is 88.9 Å². The summed E-state index contributed by atoms with van der Waals surface area (Å²) >= 11 is 7.35. The second-order valence-electron chi connectivity index (χ2n) is 7.18. The van der Waals surface area contributed by atoms with Crippen molar-refractivity contribution in [2.75, 3.05) is 5.75 Å². The van der Waals surface area contributed by atoms with Crippen molar-refractivity contribution in [3.63, 3.8) is 0 Å². The van der Waals surface area contributed by atoms with E-state index in [1.807, 2.05) is 60.0 Å². The van der Waals surface area contributed by atoms with Gasteiger partial charge in [-0.05, 0) is 60.6 Å². The highest BCUT2D eigenvalue weighted by Crippen LogP contribution is 2.21. The van der Waals surface area contributed by atoms with Crippen molar-refractivity contribution in [3.8, 4) is 22.8 Å². The molecule has 33 heavy (non-hydrogen) atoms. The summed E-state index contributed by atoms with van der Waals surface area (Å²) in [4.78, 5) is 12.3. The molecule has 0 aliphatic carbocycles. The first kappa shape index (κ1) is 22.6. The van der Waals surface area contributed by atoms with Gasteiger partial charge >= 0.3 is 5.16 Å². The van der Waals surface area contributed by atoms with Gasteiger partial charge in [-0.25, -0.2) is 5.43 Å². The maximum Gasteiger partial charge on any atom is 0.342 e. The average molecular weight is 478 g/mol. The van der Waals surface area contributed by atoms with Crippen molar-refractivity contribution in [2.45, 2.75) is 12.1 Å². The van der Waals surface area contributed by atoms with E-state index in [1.165, 1.54) is 30.1 Å². The van der Waals surface area contributed by atoms with Crippen LogP contribution >= 0.6 is 23.4 Å². The highest BCUT2D eigenvalue weighted by Gasteiger charge is 2.24. The van der Waals surface area contributed by atoms with Crippen LogP contribution < -0.4 is 15.1 Å². The van der Waals surface area contributed by atoms with Crippen LogP contribution in [0, 0.1) is 6.92 Å². The van der Waals surface area contributed by atoms with Gasteiger partial charge < -0.3 is 5.11 Å². The van der Waals surface area contributed by atoms with Crippen LogP contribution in [-0.4, -0.2) is 28.1 Å². The van der Waals surface area contributed by atoms with Gasteiger partial charge in [-0.1, -0.05) is 53.6 Å². The summed E-state index contributed by atoms with van der Waals surface area (Å²) in [6, 6.07) is 21.7. The summed E-state index contributed by atoms with van der Waals surface area (Å²) in [5.74, 6) is 0.549. The van der Waals surface area contributed by atoms with Crippen LogP contribution in [0.1, 0.15) is 11.1 Å². The number of carbonyl (C=O) groups is 1. The minimum absolute atomic E-state index is 0.0782. The highest BCUT2D eigenvalue weighted by molar-refractivity contribution is 7.99. The largest absolute Gasteiger partial charge is 0.872 e. The van der Waals surface area contributed by atoms with E-state index in [-0.39, 0.29) is 17.4 Å². The average Bonchev–Trinajstić information content (AvgIpc) is 3.24. The molecule has 0 atom stereocenters. The number of nitrogens with one attached hydrogen (secondary N) is 2. The number of aryl methyl sites for hydroxylation is 1. The Kier molecular flexibility index (Phi) is 7.07. The quantitative estimate of drug-likeness (QED) is 0.184. The summed E-state index contributed by atoms with van der Waals surface area (Å²) in [6.45, 7) is 2.03. The fourth-order valence-corrected chi connectivity index (χ4v) is 3.91. The van der Waals surface area contributed by atoms with Gasteiger partial charge in [-0.2, -0.15) is 9.67 Å². The second kappa shape index (κ2) is 10.3. The summed E-state index contributed by atoms with van der Waals surface area (Å²) in [6.07, 6.45) is 1.49. The molecule has 1 aromatic heterocycles. The molecule has 9 heteroatoms. The van der Waals surface area contributed by atoms with E-state index in [0.29, 0.717) is 10.2 Å². The molecular weight excluding hydrogens is 458 g/mol. The Bertz CT molecular complexity index is 1270. The lowest BCUT2D eigenvalue weighted by Gasteiger charge is -2.05. The molecule has 166 valence electrons. The Morgan fingerprint density at radius 3 is 2.52 bits per heavy atom. The first-order chi connectivity index (χ1) is 16.0. The minimum atomic E-state index is -0.278. The predicted molar refractivity (Wildman–Crippen MR) is 128 cm³/mol. The SMILES string of the molecule is Cc1ccc(-c2[nH]nc(SCC(=O)N/N=C/c3ccc([O-])cc3)[n+]2-c2ccc(Cl)cc2)cc1. The third-order valence-electron chi connectivity index (χ3n) is 4.70. The lowest BCUT2D eigenvalue weighted by molar-refractivity contribution is -0.625. The van der Waals surface area contributed by atoms with E-state index in [0.717, 1.165) is 28.2 Å². The molecule has 0 aliphatic rings. The van der Waals surface area contributed by atoms with Gasteiger partial charge in [0.05, 0.1) is 22.6 Å². The molecule has 0 unspecified atom stereocenters. The van der Waals surface area contributed by atoms with E-state index in [2.05, 4.69) is 20.7 Å². The van der Waals surface area contributed by atoms with Gasteiger partial charge in [-0.15, -0.1) is 10.8 Å². The molecule has 7 nitrogen and oxygen atoms in total. The zero-order chi connectivity index (χ0) is 23.2. The number of hydrazone groups is 1. The molecule has 0 saturated heterocycles. The number of nitrogens with zero attached hydrogens (tertiary/aromatic N) is 3. The minimum Gasteiger partial charge on any atom is -0.872 e. The van der Waals surface area contributed by atoms with Crippen LogP contribution in [0.4, 0.5) is 0 Å². The van der Waals surface area contributed by atoms with Crippen molar-refractivity contribution < 1.29 is 14.5 Å². The monoisotopic (exact) mass is 477 g/mol. The number of H-pyrrole nitrogens is 1. The first-order valence-corrected chi connectivity index (χ1v) is 11.4. The van der Waals surface area contributed by atoms with Crippen LogP contribution in [0.15, 0.2) is 83.1 Å². The van der Waals surface area contributed by atoms with Gasteiger partial charge in [0.2, 0.25) is 0 Å². The Balaban J connectivity index is 1.51. The molecule has 0 spiro atoms. The lowest BCUT2D eigenvalue weighted by Crippen LogP contribution is -2.34. The van der Waals surface area contributed by atoms with Crippen LogP contribution in [0.25, 0.3) is 17.1 Å². The van der Waals surface area contributed by atoms with E-state index in [1.54, 1.807) is 12.1 Å². The number of amides is 1. The summed E-state index contributed by atoms with van der Waals surface area (Å²) in [5, 5.41) is 23.9. The van der Waals surface area contributed by atoms with E-state index in [9.17, 15) is 9.90 Å². The van der Waals surface area contributed by atoms with Gasteiger partial charge in [0.25, 0.3) is 11.7 Å². The van der Waals surface area contributed by atoms with Crippen molar-refractivity contribution >= 4 is 35.5 Å². The highest BCUT2D eigenvalue weighted by atomic mass is 35.5. The maximum atomic E-state index is 12.3. The number of carbonyl (C=O) groups excluding carboxylic acids is 1. The van der Waals surface area contributed by atoms with Crippen LogP contribution in [0.5, 0.6) is 5.75 Å². The molecule has 1 amide bonds. The molecule has 0 bridgehead atoms. The molecule has 0 saturated carbocycles. The van der Waals surface area contributed by atoms with Gasteiger partial charge in [0, 0.05) is 5.02 Å². The van der Waals surface area contributed by atoms with Crippen molar-refractivity contribution in [1.82, 2.24) is 15.6 Å². The summed E-state index contributed by atoms with van der Waals surface area (Å²) in [7, 11) is 0. The van der Waals surface area contributed by atoms with Crippen molar-refractivity contribution in [2.24, 2.45) is 5.10 Å².